The smallest absolute Gasteiger partial charge is 0.0391 e. The first-order valence-electron chi connectivity index (χ1n) is 5.33. The van der Waals surface area contributed by atoms with E-state index in [-0.39, 0.29) is 0 Å². The van der Waals surface area contributed by atoms with Crippen molar-refractivity contribution in [3.63, 3.8) is 0 Å². The Labute approximate surface area is 85.9 Å². The van der Waals surface area contributed by atoms with Crippen LogP contribution in [0.25, 0.3) is 0 Å². The minimum Gasteiger partial charge on any atom is -0.297 e. The van der Waals surface area contributed by atoms with Crippen molar-refractivity contribution in [2.45, 2.75) is 32.6 Å². The second-order valence-corrected chi connectivity index (χ2v) is 4.15. The molecule has 1 heterocycles. The Morgan fingerprint density at radius 3 is 2.71 bits per heavy atom. The highest BCUT2D eigenvalue weighted by Gasteiger charge is 2.12. The first kappa shape index (κ1) is 9.45. The Kier molecular flexibility index (Phi) is 2.67. The second kappa shape index (κ2) is 3.95. The average molecular weight is 187 g/mol. The van der Waals surface area contributed by atoms with Gasteiger partial charge in [0, 0.05) is 6.54 Å². The first-order chi connectivity index (χ1) is 6.77. The number of rotatable bonds is 1. The molecule has 1 nitrogen and oxygen atoms in total. The fraction of sp³-hybridized carbons (Fsp3) is 0.462. The quantitative estimate of drug-likeness (QED) is 0.640. The summed E-state index contributed by atoms with van der Waals surface area (Å²) in [7, 11) is 0. The molecular formula is C13H17N. The van der Waals surface area contributed by atoms with Crippen LogP contribution in [0.2, 0.25) is 0 Å². The van der Waals surface area contributed by atoms with Crippen LogP contribution in [-0.2, 0) is 0 Å². The van der Waals surface area contributed by atoms with Crippen LogP contribution < -0.4 is 0 Å². The topological polar surface area (TPSA) is 12.4 Å². The predicted molar refractivity (Wildman–Crippen MR) is 61.3 cm³/mol. The highest BCUT2D eigenvalue weighted by Crippen LogP contribution is 2.26. The van der Waals surface area contributed by atoms with Crippen molar-refractivity contribution in [2.24, 2.45) is 4.99 Å². The van der Waals surface area contributed by atoms with E-state index in [4.69, 9.17) is 0 Å². The minimum absolute atomic E-state index is 0.701. The van der Waals surface area contributed by atoms with Crippen molar-refractivity contribution < 1.29 is 0 Å². The zero-order valence-electron chi connectivity index (χ0n) is 8.96. The van der Waals surface area contributed by atoms with Crippen molar-refractivity contribution in [3.8, 4) is 0 Å². The molecule has 1 atom stereocenters. The van der Waals surface area contributed by atoms with Crippen LogP contribution in [0.3, 0.4) is 0 Å². The van der Waals surface area contributed by atoms with Crippen molar-refractivity contribution in [3.05, 3.63) is 34.9 Å². The number of benzene rings is 1. The van der Waals surface area contributed by atoms with Gasteiger partial charge in [-0.25, -0.2) is 0 Å². The minimum atomic E-state index is 0.701. The summed E-state index contributed by atoms with van der Waals surface area (Å²) >= 11 is 0. The van der Waals surface area contributed by atoms with Gasteiger partial charge in [0.05, 0.1) is 0 Å². The molecule has 0 amide bonds. The zero-order chi connectivity index (χ0) is 9.97. The SMILES string of the molecule is Cc1ccc(C2CC=NCC2)cc1C. The Morgan fingerprint density at radius 2 is 2.07 bits per heavy atom. The van der Waals surface area contributed by atoms with Crippen molar-refractivity contribution >= 4 is 6.21 Å². The third-order valence-corrected chi connectivity index (χ3v) is 3.13. The Morgan fingerprint density at radius 1 is 1.21 bits per heavy atom. The second-order valence-electron chi connectivity index (χ2n) is 4.15. The third-order valence-electron chi connectivity index (χ3n) is 3.13. The van der Waals surface area contributed by atoms with Crippen LogP contribution in [0, 0.1) is 13.8 Å². The van der Waals surface area contributed by atoms with E-state index in [2.05, 4.69) is 43.3 Å². The van der Waals surface area contributed by atoms with Crippen LogP contribution >= 0.6 is 0 Å². The molecule has 0 saturated carbocycles. The molecule has 0 saturated heterocycles. The molecule has 14 heavy (non-hydrogen) atoms. The number of aryl methyl sites for hydroxylation is 2. The Bertz CT molecular complexity index is 352. The maximum absolute atomic E-state index is 4.27. The molecule has 74 valence electrons. The molecule has 0 N–H and O–H groups in total. The lowest BCUT2D eigenvalue weighted by Gasteiger charge is -2.18. The number of hydrogen-bond donors (Lipinski definition) is 0. The van der Waals surface area contributed by atoms with Gasteiger partial charge in [0.2, 0.25) is 0 Å². The van der Waals surface area contributed by atoms with Gasteiger partial charge in [-0.05, 0) is 55.5 Å². The average Bonchev–Trinajstić information content (AvgIpc) is 2.23. The molecule has 1 aromatic rings. The largest absolute Gasteiger partial charge is 0.297 e. The molecule has 1 aliphatic heterocycles. The molecule has 1 aliphatic rings. The molecule has 0 radical (unpaired) electrons. The van der Waals surface area contributed by atoms with Gasteiger partial charge in [-0.15, -0.1) is 0 Å². The van der Waals surface area contributed by atoms with Gasteiger partial charge in [-0.2, -0.15) is 0 Å². The molecule has 0 fully saturated rings. The summed E-state index contributed by atoms with van der Waals surface area (Å²) in [5, 5.41) is 0. The summed E-state index contributed by atoms with van der Waals surface area (Å²) in [6.45, 7) is 5.36. The third kappa shape index (κ3) is 1.87. The Hall–Kier alpha value is -1.11. The number of nitrogens with zero attached hydrogens (tertiary/aromatic N) is 1. The molecule has 0 aliphatic carbocycles. The van der Waals surface area contributed by atoms with Crippen LogP contribution in [0.1, 0.15) is 35.4 Å². The van der Waals surface area contributed by atoms with E-state index in [1.165, 1.54) is 23.1 Å². The highest BCUT2D eigenvalue weighted by molar-refractivity contribution is 5.60. The summed E-state index contributed by atoms with van der Waals surface area (Å²) in [5.74, 6) is 0.701. The molecule has 0 bridgehead atoms. The van der Waals surface area contributed by atoms with Crippen molar-refractivity contribution in [1.29, 1.82) is 0 Å². The normalized spacial score (nSPS) is 21.1. The van der Waals surface area contributed by atoms with E-state index in [0.717, 1.165) is 13.0 Å². The molecule has 0 aromatic heterocycles. The van der Waals surface area contributed by atoms with E-state index in [1.54, 1.807) is 0 Å². The summed E-state index contributed by atoms with van der Waals surface area (Å²) in [4.78, 5) is 4.27. The van der Waals surface area contributed by atoms with Gasteiger partial charge in [-0.1, -0.05) is 18.2 Å². The summed E-state index contributed by atoms with van der Waals surface area (Å²) in [6.07, 6.45) is 4.39. The van der Waals surface area contributed by atoms with E-state index in [1.807, 2.05) is 0 Å². The van der Waals surface area contributed by atoms with Gasteiger partial charge >= 0.3 is 0 Å². The summed E-state index contributed by atoms with van der Waals surface area (Å²) in [5.41, 5.74) is 4.28. The van der Waals surface area contributed by atoms with E-state index in [0.29, 0.717) is 5.92 Å². The lowest BCUT2D eigenvalue weighted by Crippen LogP contribution is -2.07. The van der Waals surface area contributed by atoms with Crippen molar-refractivity contribution in [2.75, 3.05) is 6.54 Å². The highest BCUT2D eigenvalue weighted by atomic mass is 14.7. The monoisotopic (exact) mass is 187 g/mol. The first-order valence-corrected chi connectivity index (χ1v) is 5.33. The standard InChI is InChI=1S/C13H17N/c1-10-3-4-13(9-11(10)2)12-5-7-14-8-6-12/h3-4,7,9,12H,5-6,8H2,1-2H3. The predicted octanol–water partition coefficient (Wildman–Crippen LogP) is 3.25. The molecule has 2 rings (SSSR count). The maximum atomic E-state index is 4.27. The molecule has 1 heteroatoms. The van der Waals surface area contributed by atoms with Gasteiger partial charge in [0.15, 0.2) is 0 Å². The van der Waals surface area contributed by atoms with E-state index in [9.17, 15) is 0 Å². The summed E-state index contributed by atoms with van der Waals surface area (Å²) < 4.78 is 0. The molecular weight excluding hydrogens is 170 g/mol. The van der Waals surface area contributed by atoms with Crippen LogP contribution in [-0.4, -0.2) is 12.8 Å². The number of aliphatic imine (C=N–C) groups is 1. The van der Waals surface area contributed by atoms with Gasteiger partial charge in [0.1, 0.15) is 0 Å². The fourth-order valence-corrected chi connectivity index (χ4v) is 1.96. The molecule has 0 spiro atoms. The lowest BCUT2D eigenvalue weighted by molar-refractivity contribution is 0.637. The van der Waals surface area contributed by atoms with Gasteiger partial charge in [0.25, 0.3) is 0 Å². The molecule has 1 unspecified atom stereocenters. The van der Waals surface area contributed by atoms with Gasteiger partial charge in [-0.3, -0.25) is 4.99 Å². The number of hydrogen-bond acceptors (Lipinski definition) is 1. The van der Waals surface area contributed by atoms with Crippen LogP contribution in [0.4, 0.5) is 0 Å². The van der Waals surface area contributed by atoms with Crippen molar-refractivity contribution in [1.82, 2.24) is 0 Å². The van der Waals surface area contributed by atoms with E-state index < -0.39 is 0 Å². The van der Waals surface area contributed by atoms with Gasteiger partial charge < -0.3 is 0 Å². The van der Waals surface area contributed by atoms with E-state index >= 15 is 0 Å². The maximum Gasteiger partial charge on any atom is 0.0391 e. The lowest BCUT2D eigenvalue weighted by atomic mass is 9.90. The molecule has 1 aromatic carbocycles. The Balaban J connectivity index is 2.23. The fourth-order valence-electron chi connectivity index (χ4n) is 1.96. The van der Waals surface area contributed by atoms with Crippen LogP contribution in [0.5, 0.6) is 0 Å². The summed E-state index contributed by atoms with van der Waals surface area (Å²) in [6, 6.07) is 6.84. The van der Waals surface area contributed by atoms with Crippen LogP contribution in [0.15, 0.2) is 23.2 Å². The zero-order valence-corrected chi connectivity index (χ0v) is 8.96.